The topological polar surface area (TPSA) is 61.0 Å². The van der Waals surface area contributed by atoms with Crippen molar-refractivity contribution < 1.29 is 18.7 Å². The Morgan fingerprint density at radius 3 is 2.70 bits per heavy atom. The summed E-state index contributed by atoms with van der Waals surface area (Å²) in [6.07, 6.45) is 3.14. The molecule has 4 rings (SSSR count). The lowest BCUT2D eigenvalue weighted by Crippen LogP contribution is -2.04. The van der Waals surface area contributed by atoms with Crippen molar-refractivity contribution in [3.8, 4) is 5.75 Å². The number of ether oxygens (including phenoxy) is 2. The molecule has 1 aliphatic rings. The SMILES string of the molecule is O=C1OC(c2ccco2)=N/C1=C/c1cccc(OCc2ccc(Cl)cc2)c1. The van der Waals surface area contributed by atoms with Gasteiger partial charge >= 0.3 is 5.97 Å². The Labute approximate surface area is 160 Å². The third-order valence-electron chi connectivity index (χ3n) is 3.83. The van der Waals surface area contributed by atoms with Crippen LogP contribution in [-0.4, -0.2) is 11.9 Å². The van der Waals surface area contributed by atoms with E-state index in [-0.39, 0.29) is 11.6 Å². The smallest absolute Gasteiger partial charge is 0.363 e. The highest BCUT2D eigenvalue weighted by atomic mass is 35.5. The van der Waals surface area contributed by atoms with Gasteiger partial charge in [-0.15, -0.1) is 0 Å². The van der Waals surface area contributed by atoms with Crippen molar-refractivity contribution in [2.75, 3.05) is 0 Å². The summed E-state index contributed by atoms with van der Waals surface area (Å²) in [5, 5.41) is 0.685. The fourth-order valence-electron chi connectivity index (χ4n) is 2.51. The average molecular weight is 380 g/mol. The number of furan rings is 1. The molecule has 5 nitrogen and oxygen atoms in total. The average Bonchev–Trinajstić information content (AvgIpc) is 3.32. The van der Waals surface area contributed by atoms with Gasteiger partial charge in [-0.05, 0) is 53.6 Å². The van der Waals surface area contributed by atoms with Crippen LogP contribution in [-0.2, 0) is 16.1 Å². The van der Waals surface area contributed by atoms with Crippen LogP contribution in [0, 0.1) is 0 Å². The maximum Gasteiger partial charge on any atom is 0.363 e. The Hall–Kier alpha value is -3.31. The van der Waals surface area contributed by atoms with Gasteiger partial charge in [0.25, 0.3) is 5.90 Å². The van der Waals surface area contributed by atoms with Crippen molar-refractivity contribution in [1.82, 2.24) is 0 Å². The first kappa shape index (κ1) is 17.1. The molecule has 0 bridgehead atoms. The van der Waals surface area contributed by atoms with Crippen LogP contribution < -0.4 is 4.74 Å². The minimum absolute atomic E-state index is 0.159. The van der Waals surface area contributed by atoms with Crippen molar-refractivity contribution in [1.29, 1.82) is 0 Å². The molecular weight excluding hydrogens is 366 g/mol. The van der Waals surface area contributed by atoms with E-state index in [9.17, 15) is 4.79 Å². The standard InChI is InChI=1S/C21H14ClNO4/c22-16-8-6-14(7-9-16)13-26-17-4-1-3-15(11-17)12-18-21(24)27-20(23-18)19-5-2-10-25-19/h1-12H,13H2/b18-12+. The van der Waals surface area contributed by atoms with Gasteiger partial charge in [0.2, 0.25) is 0 Å². The highest BCUT2D eigenvalue weighted by Crippen LogP contribution is 2.22. The molecule has 0 saturated heterocycles. The van der Waals surface area contributed by atoms with Crippen molar-refractivity contribution in [3.63, 3.8) is 0 Å². The number of esters is 1. The van der Waals surface area contributed by atoms with Gasteiger partial charge in [-0.25, -0.2) is 9.79 Å². The molecule has 0 aliphatic carbocycles. The molecule has 27 heavy (non-hydrogen) atoms. The van der Waals surface area contributed by atoms with E-state index in [0.29, 0.717) is 23.1 Å². The van der Waals surface area contributed by atoms with Gasteiger partial charge in [-0.1, -0.05) is 35.9 Å². The highest BCUT2D eigenvalue weighted by Gasteiger charge is 2.25. The molecular formula is C21H14ClNO4. The van der Waals surface area contributed by atoms with Gasteiger partial charge < -0.3 is 13.9 Å². The molecule has 0 N–H and O–H groups in total. The molecule has 0 atom stereocenters. The lowest BCUT2D eigenvalue weighted by atomic mass is 10.2. The molecule has 0 saturated carbocycles. The van der Waals surface area contributed by atoms with E-state index >= 15 is 0 Å². The van der Waals surface area contributed by atoms with E-state index in [0.717, 1.165) is 11.1 Å². The van der Waals surface area contributed by atoms with Crippen LogP contribution in [0.2, 0.25) is 5.02 Å². The second-order valence-electron chi connectivity index (χ2n) is 5.80. The number of cyclic esters (lactones) is 1. The minimum Gasteiger partial charge on any atom is -0.489 e. The molecule has 2 heterocycles. The van der Waals surface area contributed by atoms with Gasteiger partial charge in [-0.3, -0.25) is 0 Å². The van der Waals surface area contributed by atoms with E-state index in [1.54, 1.807) is 18.2 Å². The molecule has 3 aromatic rings. The third-order valence-corrected chi connectivity index (χ3v) is 4.08. The third kappa shape index (κ3) is 4.10. The van der Waals surface area contributed by atoms with Crippen LogP contribution in [0.3, 0.4) is 0 Å². The number of hydrogen-bond donors (Lipinski definition) is 0. The highest BCUT2D eigenvalue weighted by molar-refractivity contribution is 6.30. The molecule has 2 aromatic carbocycles. The van der Waals surface area contributed by atoms with E-state index in [1.165, 1.54) is 6.26 Å². The number of carbonyl (C=O) groups is 1. The Morgan fingerprint density at radius 1 is 1.07 bits per heavy atom. The van der Waals surface area contributed by atoms with Crippen LogP contribution >= 0.6 is 11.6 Å². The summed E-state index contributed by atoms with van der Waals surface area (Å²) in [6.45, 7) is 0.417. The molecule has 0 fully saturated rings. The summed E-state index contributed by atoms with van der Waals surface area (Å²) in [5.74, 6) is 0.730. The number of nitrogens with zero attached hydrogens (tertiary/aromatic N) is 1. The van der Waals surface area contributed by atoms with Crippen LogP contribution in [0.15, 0.2) is 82.0 Å². The molecule has 0 radical (unpaired) electrons. The fourth-order valence-corrected chi connectivity index (χ4v) is 2.64. The van der Waals surface area contributed by atoms with Crippen molar-refractivity contribution in [2.45, 2.75) is 6.61 Å². The van der Waals surface area contributed by atoms with Crippen molar-refractivity contribution >= 4 is 29.5 Å². The van der Waals surface area contributed by atoms with Gasteiger partial charge in [-0.2, -0.15) is 0 Å². The van der Waals surface area contributed by atoms with Crippen LogP contribution in [0.25, 0.3) is 6.08 Å². The van der Waals surface area contributed by atoms with Gasteiger partial charge in [0.05, 0.1) is 6.26 Å². The molecule has 0 unspecified atom stereocenters. The first-order chi connectivity index (χ1) is 13.2. The summed E-state index contributed by atoms with van der Waals surface area (Å²) in [4.78, 5) is 16.2. The largest absolute Gasteiger partial charge is 0.489 e. The minimum atomic E-state index is -0.520. The molecule has 134 valence electrons. The van der Waals surface area contributed by atoms with E-state index in [1.807, 2.05) is 48.5 Å². The molecule has 1 aliphatic heterocycles. The van der Waals surface area contributed by atoms with Crippen molar-refractivity contribution in [3.05, 3.63) is 94.5 Å². The number of halogens is 1. The normalized spacial score (nSPS) is 14.9. The molecule has 0 spiro atoms. The number of benzene rings is 2. The van der Waals surface area contributed by atoms with Gasteiger partial charge in [0, 0.05) is 5.02 Å². The maximum atomic E-state index is 12.0. The lowest BCUT2D eigenvalue weighted by molar-refractivity contribution is -0.130. The van der Waals surface area contributed by atoms with Crippen LogP contribution in [0.5, 0.6) is 5.75 Å². The first-order valence-corrected chi connectivity index (χ1v) is 8.59. The Bertz CT molecular complexity index is 1020. The monoisotopic (exact) mass is 379 g/mol. The zero-order chi connectivity index (χ0) is 18.6. The summed E-state index contributed by atoms with van der Waals surface area (Å²) in [5.41, 5.74) is 1.99. The predicted octanol–water partition coefficient (Wildman–Crippen LogP) is 4.86. The molecule has 6 heteroatoms. The van der Waals surface area contributed by atoms with Crippen LogP contribution in [0.1, 0.15) is 16.9 Å². The fraction of sp³-hybridized carbons (Fsp3) is 0.0476. The first-order valence-electron chi connectivity index (χ1n) is 8.21. The van der Waals surface area contributed by atoms with E-state index in [2.05, 4.69) is 4.99 Å². The number of carbonyl (C=O) groups excluding carboxylic acids is 1. The summed E-state index contributed by atoms with van der Waals surface area (Å²) in [6, 6.07) is 18.2. The summed E-state index contributed by atoms with van der Waals surface area (Å²) < 4.78 is 16.1. The number of rotatable bonds is 5. The summed E-state index contributed by atoms with van der Waals surface area (Å²) >= 11 is 5.88. The second-order valence-corrected chi connectivity index (χ2v) is 6.24. The Kier molecular flexibility index (Phi) is 4.77. The maximum absolute atomic E-state index is 12.0. The molecule has 0 amide bonds. The Balaban J connectivity index is 1.49. The Morgan fingerprint density at radius 2 is 1.93 bits per heavy atom. The zero-order valence-corrected chi connectivity index (χ0v) is 14.8. The van der Waals surface area contributed by atoms with Crippen molar-refractivity contribution in [2.24, 2.45) is 4.99 Å². The number of hydrogen-bond acceptors (Lipinski definition) is 5. The van der Waals surface area contributed by atoms with Gasteiger partial charge in [0.1, 0.15) is 12.4 Å². The van der Waals surface area contributed by atoms with Crippen LogP contribution in [0.4, 0.5) is 0 Å². The quantitative estimate of drug-likeness (QED) is 0.469. The second kappa shape index (κ2) is 7.51. The zero-order valence-electron chi connectivity index (χ0n) is 14.1. The molecule has 1 aromatic heterocycles. The van der Waals surface area contributed by atoms with E-state index < -0.39 is 5.97 Å². The van der Waals surface area contributed by atoms with E-state index in [4.69, 9.17) is 25.5 Å². The number of aliphatic imine (C=N–C) groups is 1. The predicted molar refractivity (Wildman–Crippen MR) is 102 cm³/mol. The lowest BCUT2D eigenvalue weighted by Gasteiger charge is -2.07. The summed E-state index contributed by atoms with van der Waals surface area (Å²) in [7, 11) is 0. The van der Waals surface area contributed by atoms with Gasteiger partial charge in [0.15, 0.2) is 11.5 Å².